The van der Waals surface area contributed by atoms with E-state index in [-0.39, 0.29) is 19.6 Å². The second-order valence-corrected chi connectivity index (χ2v) is 3.99. The van der Waals surface area contributed by atoms with E-state index in [2.05, 4.69) is 4.74 Å². The number of methoxy groups -OCH3 is 1. The van der Waals surface area contributed by atoms with E-state index >= 15 is 0 Å². The summed E-state index contributed by atoms with van der Waals surface area (Å²) in [5.74, 6) is -0.599. The Kier molecular flexibility index (Phi) is 5.18. The van der Waals surface area contributed by atoms with Gasteiger partial charge in [0.2, 0.25) is 0 Å². The van der Waals surface area contributed by atoms with Gasteiger partial charge < -0.3 is 9.47 Å². The minimum Gasteiger partial charge on any atom is -0.467 e. The highest BCUT2D eigenvalue weighted by molar-refractivity contribution is 5.82. The van der Waals surface area contributed by atoms with E-state index in [1.807, 2.05) is 6.92 Å². The number of esters is 1. The molecule has 1 fully saturated rings. The van der Waals surface area contributed by atoms with Crippen molar-refractivity contribution in [3.8, 4) is 0 Å². The molecule has 0 N–H and O–H groups in total. The third kappa shape index (κ3) is 3.57. The van der Waals surface area contributed by atoms with Crippen molar-refractivity contribution in [1.29, 1.82) is 0 Å². The molecule has 0 bridgehead atoms. The Morgan fingerprint density at radius 1 is 1.47 bits per heavy atom. The van der Waals surface area contributed by atoms with Crippen LogP contribution in [0.2, 0.25) is 0 Å². The van der Waals surface area contributed by atoms with Gasteiger partial charge in [0.25, 0.3) is 0 Å². The standard InChI is InChI=1S/C11H18FNO4/c1-3-4-5-17-11(15)13-7-8(12)6-9(13)10(14)16-2/h8-9H,3-7H2,1-2H3. The normalized spacial score (nSPS) is 23.6. The molecular weight excluding hydrogens is 229 g/mol. The Labute approximate surface area is 99.9 Å². The molecule has 0 aliphatic carbocycles. The highest BCUT2D eigenvalue weighted by Gasteiger charge is 2.41. The van der Waals surface area contributed by atoms with Gasteiger partial charge in [-0.3, -0.25) is 4.90 Å². The molecule has 1 aliphatic rings. The van der Waals surface area contributed by atoms with Crippen LogP contribution in [0.25, 0.3) is 0 Å². The first kappa shape index (κ1) is 13.7. The molecule has 1 saturated heterocycles. The van der Waals surface area contributed by atoms with Crippen LogP contribution in [0.4, 0.5) is 9.18 Å². The van der Waals surface area contributed by atoms with Crippen molar-refractivity contribution in [3.05, 3.63) is 0 Å². The van der Waals surface area contributed by atoms with Gasteiger partial charge in [-0.25, -0.2) is 14.0 Å². The van der Waals surface area contributed by atoms with Crippen LogP contribution >= 0.6 is 0 Å². The average Bonchev–Trinajstić information content (AvgIpc) is 2.70. The number of nitrogens with zero attached hydrogens (tertiary/aromatic N) is 1. The van der Waals surface area contributed by atoms with E-state index in [4.69, 9.17) is 4.74 Å². The number of ether oxygens (including phenoxy) is 2. The first-order chi connectivity index (χ1) is 8.10. The van der Waals surface area contributed by atoms with Crippen LogP contribution in [0, 0.1) is 0 Å². The SMILES string of the molecule is CCCCOC(=O)N1CC(F)CC1C(=O)OC. The van der Waals surface area contributed by atoms with E-state index in [0.29, 0.717) is 0 Å². The number of amides is 1. The second kappa shape index (κ2) is 6.42. The molecule has 0 aromatic rings. The van der Waals surface area contributed by atoms with Crippen molar-refractivity contribution < 1.29 is 23.5 Å². The molecule has 0 aromatic carbocycles. The zero-order chi connectivity index (χ0) is 12.8. The van der Waals surface area contributed by atoms with E-state index in [9.17, 15) is 14.0 Å². The fourth-order valence-corrected chi connectivity index (χ4v) is 1.73. The number of hydrogen-bond donors (Lipinski definition) is 0. The molecule has 2 unspecified atom stereocenters. The highest BCUT2D eigenvalue weighted by atomic mass is 19.1. The minimum absolute atomic E-state index is 0.0183. The molecular formula is C11H18FNO4. The lowest BCUT2D eigenvalue weighted by atomic mass is 10.2. The molecule has 0 aromatic heterocycles. The maximum atomic E-state index is 13.2. The summed E-state index contributed by atoms with van der Waals surface area (Å²) in [5, 5.41) is 0. The predicted molar refractivity (Wildman–Crippen MR) is 58.3 cm³/mol. The van der Waals surface area contributed by atoms with Crippen LogP contribution in [0.1, 0.15) is 26.2 Å². The van der Waals surface area contributed by atoms with Crippen LogP contribution in [-0.2, 0) is 14.3 Å². The first-order valence-electron chi connectivity index (χ1n) is 5.75. The van der Waals surface area contributed by atoms with Crippen molar-refractivity contribution in [2.45, 2.75) is 38.4 Å². The molecule has 2 atom stereocenters. The first-order valence-corrected chi connectivity index (χ1v) is 5.75. The number of unbranched alkanes of at least 4 members (excludes halogenated alkanes) is 1. The summed E-state index contributed by atoms with van der Waals surface area (Å²) < 4.78 is 22.7. The Morgan fingerprint density at radius 3 is 2.76 bits per heavy atom. The van der Waals surface area contributed by atoms with E-state index in [1.165, 1.54) is 7.11 Å². The van der Waals surface area contributed by atoms with Gasteiger partial charge in [-0.05, 0) is 6.42 Å². The van der Waals surface area contributed by atoms with E-state index in [0.717, 1.165) is 17.7 Å². The molecule has 1 rings (SSSR count). The lowest BCUT2D eigenvalue weighted by Gasteiger charge is -2.21. The highest BCUT2D eigenvalue weighted by Crippen LogP contribution is 2.22. The summed E-state index contributed by atoms with van der Waals surface area (Å²) in [7, 11) is 1.22. The van der Waals surface area contributed by atoms with E-state index < -0.39 is 24.3 Å². The van der Waals surface area contributed by atoms with Crippen LogP contribution < -0.4 is 0 Å². The van der Waals surface area contributed by atoms with Gasteiger partial charge in [0.05, 0.1) is 20.3 Å². The van der Waals surface area contributed by atoms with Crippen LogP contribution in [-0.4, -0.2) is 49.4 Å². The van der Waals surface area contributed by atoms with Gasteiger partial charge in [0.15, 0.2) is 0 Å². The molecule has 0 spiro atoms. The Bertz CT molecular complexity index is 285. The average molecular weight is 247 g/mol. The summed E-state index contributed by atoms with van der Waals surface area (Å²) in [5.41, 5.74) is 0. The lowest BCUT2D eigenvalue weighted by molar-refractivity contribution is -0.145. The second-order valence-electron chi connectivity index (χ2n) is 3.99. The zero-order valence-corrected chi connectivity index (χ0v) is 10.1. The molecule has 1 aliphatic heterocycles. The number of halogens is 1. The van der Waals surface area contributed by atoms with Crippen molar-refractivity contribution in [1.82, 2.24) is 4.90 Å². The van der Waals surface area contributed by atoms with Crippen LogP contribution in [0.3, 0.4) is 0 Å². The van der Waals surface area contributed by atoms with E-state index in [1.54, 1.807) is 0 Å². The Morgan fingerprint density at radius 2 is 2.18 bits per heavy atom. The monoisotopic (exact) mass is 247 g/mol. The number of alkyl halides is 1. The van der Waals surface area contributed by atoms with Gasteiger partial charge in [0.1, 0.15) is 12.2 Å². The largest absolute Gasteiger partial charge is 0.467 e. The fourth-order valence-electron chi connectivity index (χ4n) is 1.73. The van der Waals surface area contributed by atoms with Gasteiger partial charge in [-0.1, -0.05) is 13.3 Å². The number of hydrogen-bond acceptors (Lipinski definition) is 4. The maximum absolute atomic E-state index is 13.2. The van der Waals surface area contributed by atoms with Crippen LogP contribution in [0.5, 0.6) is 0 Å². The molecule has 98 valence electrons. The third-order valence-electron chi connectivity index (χ3n) is 2.68. The van der Waals surface area contributed by atoms with Gasteiger partial charge >= 0.3 is 12.1 Å². The smallest absolute Gasteiger partial charge is 0.410 e. The molecule has 0 saturated carbocycles. The zero-order valence-electron chi connectivity index (χ0n) is 10.1. The number of likely N-dealkylation sites (tertiary alicyclic amines) is 1. The topological polar surface area (TPSA) is 55.8 Å². The van der Waals surface area contributed by atoms with Crippen LogP contribution in [0.15, 0.2) is 0 Å². The summed E-state index contributed by atoms with van der Waals surface area (Å²) in [4.78, 5) is 24.1. The molecule has 6 heteroatoms. The molecule has 0 radical (unpaired) electrons. The number of carbonyl (C=O) groups is 2. The van der Waals surface area contributed by atoms with Gasteiger partial charge in [0, 0.05) is 6.42 Å². The molecule has 5 nitrogen and oxygen atoms in total. The molecule has 17 heavy (non-hydrogen) atoms. The minimum atomic E-state index is -1.20. The Balaban J connectivity index is 2.54. The summed E-state index contributed by atoms with van der Waals surface area (Å²) in [6.45, 7) is 2.15. The molecule has 1 amide bonds. The Hall–Kier alpha value is -1.33. The number of carbonyl (C=O) groups excluding carboxylic acids is 2. The van der Waals surface area contributed by atoms with Crippen molar-refractivity contribution >= 4 is 12.1 Å². The van der Waals surface area contributed by atoms with Gasteiger partial charge in [-0.2, -0.15) is 0 Å². The van der Waals surface area contributed by atoms with Gasteiger partial charge in [-0.15, -0.1) is 0 Å². The fraction of sp³-hybridized carbons (Fsp3) is 0.818. The predicted octanol–water partition coefficient (Wildman–Crippen LogP) is 1.51. The summed E-state index contributed by atoms with van der Waals surface area (Å²) in [6.07, 6.45) is -0.205. The quantitative estimate of drug-likeness (QED) is 0.558. The summed E-state index contributed by atoms with van der Waals surface area (Å²) in [6, 6.07) is -0.857. The van der Waals surface area contributed by atoms with Crippen molar-refractivity contribution in [2.24, 2.45) is 0 Å². The van der Waals surface area contributed by atoms with Crippen molar-refractivity contribution in [2.75, 3.05) is 20.3 Å². The maximum Gasteiger partial charge on any atom is 0.410 e. The van der Waals surface area contributed by atoms with Crippen molar-refractivity contribution in [3.63, 3.8) is 0 Å². The molecule has 1 heterocycles. The third-order valence-corrected chi connectivity index (χ3v) is 2.68. The summed E-state index contributed by atoms with van der Waals surface area (Å²) >= 11 is 0. The lowest BCUT2D eigenvalue weighted by Crippen LogP contribution is -2.41. The number of rotatable bonds is 4.